The van der Waals surface area contributed by atoms with Crippen molar-refractivity contribution < 1.29 is 18.3 Å². The van der Waals surface area contributed by atoms with Crippen molar-refractivity contribution in [3.05, 3.63) is 65.9 Å². The molecule has 3 aromatic rings. The molecule has 0 aliphatic carbocycles. The van der Waals surface area contributed by atoms with Gasteiger partial charge in [0, 0.05) is 11.8 Å². The molecule has 0 saturated carbocycles. The fourth-order valence-electron chi connectivity index (χ4n) is 2.53. The molecule has 0 aliphatic rings. The second-order valence-electron chi connectivity index (χ2n) is 5.98. The Kier molecular flexibility index (Phi) is 4.60. The number of hydrogen-bond donors (Lipinski definition) is 1. The molecule has 0 aliphatic heterocycles. The molecule has 0 fully saturated rings. The number of benzene rings is 2. The van der Waals surface area contributed by atoms with Crippen molar-refractivity contribution in [2.24, 2.45) is 0 Å². The van der Waals surface area contributed by atoms with Gasteiger partial charge in [-0.1, -0.05) is 29.5 Å². The topological polar surface area (TPSA) is 102 Å². The molecule has 1 atom stereocenters. The summed E-state index contributed by atoms with van der Waals surface area (Å²) in [4.78, 5) is 11.2. The molecule has 2 aromatic carbocycles. The van der Waals surface area contributed by atoms with E-state index in [1.165, 1.54) is 18.4 Å². The van der Waals surface area contributed by atoms with Gasteiger partial charge in [-0.25, -0.2) is 17.9 Å². The number of hydrogen-bond acceptors (Lipinski definition) is 5. The smallest absolute Gasteiger partial charge is 0.335 e. The van der Waals surface area contributed by atoms with Gasteiger partial charge in [-0.05, 0) is 36.8 Å². The fraction of sp³-hybridized carbons (Fsp3) is 0.167. The van der Waals surface area contributed by atoms with Crippen molar-refractivity contribution in [3.8, 4) is 11.3 Å². The summed E-state index contributed by atoms with van der Waals surface area (Å²) in [6.07, 6.45) is 2.94. The van der Waals surface area contributed by atoms with Crippen LogP contribution < -0.4 is 0 Å². The van der Waals surface area contributed by atoms with Crippen molar-refractivity contribution >= 4 is 15.8 Å². The molecule has 0 saturated heterocycles. The van der Waals surface area contributed by atoms with Crippen LogP contribution in [0.15, 0.2) is 59.6 Å². The standard InChI is InChI=1S/C18H17N3O4S/c1-12(13-7-9-16(10-8-13)26(2,24)25)21-11-17(19-20-21)14-3-5-15(6-4-14)18(22)23/h3-12H,1-2H3,(H,22,23). The molecule has 7 nitrogen and oxygen atoms in total. The van der Waals surface area contributed by atoms with E-state index in [0.29, 0.717) is 5.69 Å². The normalized spacial score (nSPS) is 12.7. The van der Waals surface area contributed by atoms with E-state index in [1.54, 1.807) is 47.3 Å². The number of nitrogens with zero attached hydrogens (tertiary/aromatic N) is 3. The SMILES string of the molecule is CC(c1ccc(S(C)(=O)=O)cc1)n1cc(-c2ccc(C(=O)O)cc2)nn1. The van der Waals surface area contributed by atoms with Crippen molar-refractivity contribution in [1.82, 2.24) is 15.0 Å². The van der Waals surface area contributed by atoms with Crippen LogP contribution in [0.4, 0.5) is 0 Å². The molecule has 1 heterocycles. The minimum absolute atomic E-state index is 0.136. The zero-order valence-corrected chi connectivity index (χ0v) is 15.0. The van der Waals surface area contributed by atoms with Gasteiger partial charge in [0.1, 0.15) is 5.69 Å². The average molecular weight is 371 g/mol. The predicted octanol–water partition coefficient (Wildman–Crippen LogP) is 2.66. The van der Waals surface area contributed by atoms with Gasteiger partial charge < -0.3 is 5.11 Å². The highest BCUT2D eigenvalue weighted by Crippen LogP contribution is 2.22. The Morgan fingerprint density at radius 3 is 2.23 bits per heavy atom. The average Bonchev–Trinajstić information content (AvgIpc) is 3.10. The van der Waals surface area contributed by atoms with Crippen LogP contribution in [-0.4, -0.2) is 40.7 Å². The first-order chi connectivity index (χ1) is 12.3. The number of carbonyl (C=O) groups is 1. The first-order valence-corrected chi connectivity index (χ1v) is 9.70. The molecule has 134 valence electrons. The first kappa shape index (κ1) is 17.8. The Bertz CT molecular complexity index is 1040. The molecule has 8 heteroatoms. The summed E-state index contributed by atoms with van der Waals surface area (Å²) in [6.45, 7) is 1.93. The monoisotopic (exact) mass is 371 g/mol. The van der Waals surface area contributed by atoms with E-state index in [0.717, 1.165) is 11.1 Å². The lowest BCUT2D eigenvalue weighted by Gasteiger charge is -2.12. The number of aromatic carboxylic acids is 1. The van der Waals surface area contributed by atoms with Crippen LogP contribution in [0.2, 0.25) is 0 Å². The molecule has 0 spiro atoms. The van der Waals surface area contributed by atoms with Crippen molar-refractivity contribution in [2.75, 3.05) is 6.26 Å². The molecule has 1 N–H and O–H groups in total. The van der Waals surface area contributed by atoms with E-state index in [-0.39, 0.29) is 16.5 Å². The lowest BCUT2D eigenvalue weighted by molar-refractivity contribution is 0.0697. The van der Waals surface area contributed by atoms with Crippen LogP contribution in [0.5, 0.6) is 0 Å². The highest BCUT2D eigenvalue weighted by molar-refractivity contribution is 7.90. The molecule has 0 radical (unpaired) electrons. The first-order valence-electron chi connectivity index (χ1n) is 7.81. The van der Waals surface area contributed by atoms with Gasteiger partial charge in [-0.2, -0.15) is 0 Å². The molecular weight excluding hydrogens is 354 g/mol. The van der Waals surface area contributed by atoms with Gasteiger partial charge in [0.2, 0.25) is 0 Å². The number of aromatic nitrogens is 3. The molecule has 1 aromatic heterocycles. The second kappa shape index (κ2) is 6.72. The Hall–Kier alpha value is -3.00. The zero-order valence-electron chi connectivity index (χ0n) is 14.2. The third kappa shape index (κ3) is 3.65. The Labute approximate surface area is 150 Å². The summed E-state index contributed by atoms with van der Waals surface area (Å²) >= 11 is 0. The van der Waals surface area contributed by atoms with Crippen LogP contribution in [0.25, 0.3) is 11.3 Å². The summed E-state index contributed by atoms with van der Waals surface area (Å²) in [6, 6.07) is 12.9. The van der Waals surface area contributed by atoms with Crippen LogP contribution in [0, 0.1) is 0 Å². The number of rotatable bonds is 5. The van der Waals surface area contributed by atoms with E-state index in [2.05, 4.69) is 10.3 Å². The van der Waals surface area contributed by atoms with Gasteiger partial charge in [-0.15, -0.1) is 5.10 Å². The van der Waals surface area contributed by atoms with E-state index in [1.807, 2.05) is 6.92 Å². The molecule has 0 bridgehead atoms. The van der Waals surface area contributed by atoms with Crippen molar-refractivity contribution in [3.63, 3.8) is 0 Å². The maximum atomic E-state index is 11.5. The Balaban J connectivity index is 1.83. The van der Waals surface area contributed by atoms with Gasteiger partial charge in [0.25, 0.3) is 0 Å². The number of sulfone groups is 1. The lowest BCUT2D eigenvalue weighted by Crippen LogP contribution is -2.08. The fourth-order valence-corrected chi connectivity index (χ4v) is 3.16. The number of carboxylic acid groups (broad SMARTS) is 1. The highest BCUT2D eigenvalue weighted by atomic mass is 32.2. The summed E-state index contributed by atoms with van der Waals surface area (Å²) < 4.78 is 24.8. The number of carboxylic acids is 1. The molecule has 26 heavy (non-hydrogen) atoms. The largest absolute Gasteiger partial charge is 0.478 e. The quantitative estimate of drug-likeness (QED) is 0.740. The maximum Gasteiger partial charge on any atom is 0.335 e. The van der Waals surface area contributed by atoms with Gasteiger partial charge in [0.15, 0.2) is 9.84 Å². The summed E-state index contributed by atoms with van der Waals surface area (Å²) in [7, 11) is -3.23. The summed E-state index contributed by atoms with van der Waals surface area (Å²) in [5.41, 5.74) is 2.50. The van der Waals surface area contributed by atoms with Gasteiger partial charge >= 0.3 is 5.97 Å². The molecule has 3 rings (SSSR count). The molecule has 1 unspecified atom stereocenters. The summed E-state index contributed by atoms with van der Waals surface area (Å²) in [5.74, 6) is -0.980. The van der Waals surface area contributed by atoms with Crippen LogP contribution in [-0.2, 0) is 9.84 Å². The van der Waals surface area contributed by atoms with E-state index >= 15 is 0 Å². The van der Waals surface area contributed by atoms with E-state index < -0.39 is 15.8 Å². The maximum absolute atomic E-state index is 11.5. The minimum Gasteiger partial charge on any atom is -0.478 e. The molecule has 0 amide bonds. The summed E-state index contributed by atoms with van der Waals surface area (Å²) in [5, 5.41) is 17.2. The third-order valence-corrected chi connectivity index (χ3v) is 5.25. The van der Waals surface area contributed by atoms with Gasteiger partial charge in [0.05, 0.1) is 22.7 Å². The Morgan fingerprint density at radius 2 is 1.69 bits per heavy atom. The van der Waals surface area contributed by atoms with Crippen molar-refractivity contribution in [2.45, 2.75) is 17.9 Å². The second-order valence-corrected chi connectivity index (χ2v) is 8.00. The van der Waals surface area contributed by atoms with Crippen LogP contribution >= 0.6 is 0 Å². The Morgan fingerprint density at radius 1 is 1.08 bits per heavy atom. The van der Waals surface area contributed by atoms with E-state index in [4.69, 9.17) is 5.11 Å². The predicted molar refractivity (Wildman–Crippen MR) is 95.8 cm³/mol. The molecular formula is C18H17N3O4S. The van der Waals surface area contributed by atoms with Crippen molar-refractivity contribution in [1.29, 1.82) is 0 Å². The lowest BCUT2D eigenvalue weighted by atomic mass is 10.1. The van der Waals surface area contributed by atoms with E-state index in [9.17, 15) is 13.2 Å². The van der Waals surface area contributed by atoms with Crippen LogP contribution in [0.3, 0.4) is 0 Å². The highest BCUT2D eigenvalue weighted by Gasteiger charge is 2.14. The zero-order chi connectivity index (χ0) is 18.9. The third-order valence-electron chi connectivity index (χ3n) is 4.13. The van der Waals surface area contributed by atoms with Gasteiger partial charge in [-0.3, -0.25) is 0 Å². The minimum atomic E-state index is -3.23. The van der Waals surface area contributed by atoms with Crippen LogP contribution in [0.1, 0.15) is 28.9 Å².